The van der Waals surface area contributed by atoms with E-state index in [1.54, 1.807) is 31.1 Å². The number of H-pyrrole nitrogens is 2. The topological polar surface area (TPSA) is 159 Å². The molecule has 4 amide bonds. The van der Waals surface area contributed by atoms with E-state index in [1.165, 1.54) is 0 Å². The number of nitrogens with one attached hydrogen (secondary N) is 5. The van der Waals surface area contributed by atoms with Gasteiger partial charge in [-0.3, -0.25) is 9.59 Å². The fourth-order valence-corrected chi connectivity index (χ4v) is 5.74. The lowest BCUT2D eigenvalue weighted by atomic mass is 9.99. The first kappa shape index (κ1) is 30.7. The number of carboxylic acids is 1. The number of aliphatic carboxylic acids is 1. The van der Waals surface area contributed by atoms with Crippen LogP contribution in [0.4, 0.5) is 4.79 Å². The Hall–Kier alpha value is -4.80. The molecular formula is C33H40N6O5. The number of aromatic nitrogens is 2. The van der Waals surface area contributed by atoms with Crippen molar-refractivity contribution in [2.45, 2.75) is 70.0 Å². The normalized spacial score (nSPS) is 15.4. The van der Waals surface area contributed by atoms with Gasteiger partial charge in [0.05, 0.1) is 0 Å². The van der Waals surface area contributed by atoms with Crippen LogP contribution in [0.25, 0.3) is 21.8 Å². The Balaban J connectivity index is 1.35. The molecule has 4 aromatic rings. The summed E-state index contributed by atoms with van der Waals surface area (Å²) < 4.78 is 0. The van der Waals surface area contributed by atoms with Gasteiger partial charge in [0.1, 0.15) is 17.6 Å². The number of hydrogen-bond acceptors (Lipinski definition) is 4. The fraction of sp³-hybridized carbons (Fsp3) is 0.394. The number of benzene rings is 2. The minimum atomic E-state index is -1.33. The van der Waals surface area contributed by atoms with E-state index < -0.39 is 35.4 Å². The number of aromatic amines is 2. The number of carbonyl (C=O) groups is 4. The van der Waals surface area contributed by atoms with Gasteiger partial charge in [-0.15, -0.1) is 0 Å². The van der Waals surface area contributed by atoms with Crippen LogP contribution < -0.4 is 16.0 Å². The Morgan fingerprint density at radius 3 is 1.86 bits per heavy atom. The summed E-state index contributed by atoms with van der Waals surface area (Å²) in [6, 6.07) is 12.5. The third-order valence-electron chi connectivity index (χ3n) is 8.31. The first-order chi connectivity index (χ1) is 21.1. The molecule has 1 aliphatic rings. The zero-order valence-corrected chi connectivity index (χ0v) is 25.1. The van der Waals surface area contributed by atoms with Crippen LogP contribution in [0.1, 0.15) is 50.7 Å². The Morgan fingerprint density at radius 2 is 1.32 bits per heavy atom. The van der Waals surface area contributed by atoms with Crippen LogP contribution in [-0.2, 0) is 27.2 Å². The van der Waals surface area contributed by atoms with Crippen molar-refractivity contribution in [1.29, 1.82) is 0 Å². The van der Waals surface area contributed by atoms with Crippen LogP contribution in [0, 0.1) is 0 Å². The molecule has 232 valence electrons. The largest absolute Gasteiger partial charge is 0.480 e. The lowest BCUT2D eigenvalue weighted by molar-refractivity contribution is -0.142. The lowest BCUT2D eigenvalue weighted by Crippen LogP contribution is -2.61. The molecule has 2 aromatic carbocycles. The average Bonchev–Trinajstić information content (AvgIpc) is 3.48. The van der Waals surface area contributed by atoms with Gasteiger partial charge in [-0.2, -0.15) is 0 Å². The van der Waals surface area contributed by atoms with Gasteiger partial charge in [0.2, 0.25) is 11.8 Å². The number of amides is 4. The summed E-state index contributed by atoms with van der Waals surface area (Å²) >= 11 is 0. The maximum Gasteiger partial charge on any atom is 0.326 e. The van der Waals surface area contributed by atoms with Crippen molar-refractivity contribution in [1.82, 2.24) is 30.8 Å². The zero-order chi connectivity index (χ0) is 31.3. The van der Waals surface area contributed by atoms with E-state index in [4.69, 9.17) is 0 Å². The molecule has 6 N–H and O–H groups in total. The number of likely N-dealkylation sites (tertiary alicyclic amines) is 1. The Bertz CT molecular complexity index is 1650. The Morgan fingerprint density at radius 1 is 0.795 bits per heavy atom. The van der Waals surface area contributed by atoms with Gasteiger partial charge in [-0.1, -0.05) is 49.2 Å². The third kappa shape index (κ3) is 7.04. The molecule has 1 fully saturated rings. The molecule has 11 nitrogen and oxygen atoms in total. The molecule has 1 saturated heterocycles. The predicted molar refractivity (Wildman–Crippen MR) is 168 cm³/mol. The van der Waals surface area contributed by atoms with E-state index in [9.17, 15) is 24.3 Å². The molecule has 1 aliphatic heterocycles. The van der Waals surface area contributed by atoms with Crippen molar-refractivity contribution >= 4 is 45.6 Å². The summed E-state index contributed by atoms with van der Waals surface area (Å²) in [5.41, 5.74) is 1.95. The molecule has 2 atom stereocenters. The predicted octanol–water partition coefficient (Wildman–Crippen LogP) is 3.85. The van der Waals surface area contributed by atoms with Crippen LogP contribution in [0.2, 0.25) is 0 Å². The second-order valence-corrected chi connectivity index (χ2v) is 12.0. The second kappa shape index (κ2) is 13.2. The van der Waals surface area contributed by atoms with Crippen LogP contribution in [-0.4, -0.2) is 74.5 Å². The Kier molecular flexibility index (Phi) is 9.22. The summed E-state index contributed by atoms with van der Waals surface area (Å²) in [5, 5.41) is 20.1. The monoisotopic (exact) mass is 600 g/mol. The maximum absolute atomic E-state index is 13.8. The van der Waals surface area contributed by atoms with Gasteiger partial charge in [0.15, 0.2) is 0 Å². The highest BCUT2D eigenvalue weighted by atomic mass is 16.4. The van der Waals surface area contributed by atoms with Crippen LogP contribution in [0.5, 0.6) is 0 Å². The fourth-order valence-electron chi connectivity index (χ4n) is 5.74. The molecule has 3 heterocycles. The minimum absolute atomic E-state index is 0.0518. The molecule has 0 radical (unpaired) electrons. The Labute approximate surface area is 255 Å². The van der Waals surface area contributed by atoms with Crippen molar-refractivity contribution in [3.63, 3.8) is 0 Å². The van der Waals surface area contributed by atoms with E-state index in [1.807, 2.05) is 48.5 Å². The molecule has 5 rings (SSSR count). The van der Waals surface area contributed by atoms with Crippen molar-refractivity contribution in [3.8, 4) is 0 Å². The van der Waals surface area contributed by atoms with Crippen molar-refractivity contribution in [2.75, 3.05) is 13.1 Å². The van der Waals surface area contributed by atoms with Gasteiger partial charge in [0.25, 0.3) is 0 Å². The van der Waals surface area contributed by atoms with E-state index in [0.717, 1.165) is 58.6 Å². The number of nitrogens with zero attached hydrogens (tertiary/aromatic N) is 1. The number of fused-ring (bicyclic) bond motifs is 2. The summed E-state index contributed by atoms with van der Waals surface area (Å²) in [4.78, 5) is 60.8. The number of rotatable bonds is 10. The molecule has 44 heavy (non-hydrogen) atoms. The van der Waals surface area contributed by atoms with E-state index in [2.05, 4.69) is 25.9 Å². The zero-order valence-electron chi connectivity index (χ0n) is 25.1. The van der Waals surface area contributed by atoms with Gasteiger partial charge in [-0.05, 0) is 49.9 Å². The summed E-state index contributed by atoms with van der Waals surface area (Å²) in [5.74, 6) is -2.37. The highest BCUT2D eigenvalue weighted by Gasteiger charge is 2.35. The smallest absolute Gasteiger partial charge is 0.326 e. The summed E-state index contributed by atoms with van der Waals surface area (Å²) in [6.45, 7) is 4.44. The first-order valence-electron chi connectivity index (χ1n) is 15.1. The van der Waals surface area contributed by atoms with E-state index in [-0.39, 0.29) is 18.9 Å². The molecule has 0 aliphatic carbocycles. The quantitative estimate of drug-likeness (QED) is 0.163. The molecule has 11 heteroatoms. The standard InChI is InChI=1S/C33H40N6O5/c1-33(2,38-32(44)39-15-9-3-4-10-16-39)31(43)37-27(17-21-19-34-25-13-7-5-11-23(21)25)29(40)36-28(30(41)42)18-22-20-35-26-14-8-6-12-24(22)26/h5-8,11-14,19-20,27-28,34-35H,3-4,9-10,15-18H2,1-2H3,(H,36,40)(H,37,43)(H,38,44)(H,41,42)/t27-,28-/m1/s1. The average molecular weight is 601 g/mol. The van der Waals surface area contributed by atoms with Crippen LogP contribution in [0.15, 0.2) is 60.9 Å². The molecule has 0 bridgehead atoms. The molecule has 0 saturated carbocycles. The molecule has 0 spiro atoms. The van der Waals surface area contributed by atoms with Crippen LogP contribution in [0.3, 0.4) is 0 Å². The van der Waals surface area contributed by atoms with Gasteiger partial charge in [-0.25, -0.2) is 9.59 Å². The van der Waals surface area contributed by atoms with Gasteiger partial charge in [0, 0.05) is 60.1 Å². The van der Waals surface area contributed by atoms with Gasteiger partial charge >= 0.3 is 12.0 Å². The number of para-hydroxylation sites is 2. The summed E-state index contributed by atoms with van der Waals surface area (Å²) in [6.07, 6.45) is 7.64. The number of carbonyl (C=O) groups excluding carboxylic acids is 3. The number of urea groups is 1. The van der Waals surface area contributed by atoms with E-state index >= 15 is 0 Å². The van der Waals surface area contributed by atoms with Gasteiger partial charge < -0.3 is 35.9 Å². The SMILES string of the molecule is CC(C)(NC(=O)N1CCCCCC1)C(=O)N[C@H](Cc1c[nH]c2ccccc12)C(=O)N[C@H](Cc1c[nH]c2ccccc12)C(=O)O. The van der Waals surface area contributed by atoms with E-state index in [0.29, 0.717) is 13.1 Å². The minimum Gasteiger partial charge on any atom is -0.480 e. The van der Waals surface area contributed by atoms with Crippen molar-refractivity contribution in [2.24, 2.45) is 0 Å². The number of carboxylic acid groups (broad SMARTS) is 1. The highest BCUT2D eigenvalue weighted by Crippen LogP contribution is 2.21. The van der Waals surface area contributed by atoms with Crippen molar-refractivity contribution in [3.05, 3.63) is 72.1 Å². The van der Waals surface area contributed by atoms with Crippen LogP contribution >= 0.6 is 0 Å². The van der Waals surface area contributed by atoms with Crippen molar-refractivity contribution < 1.29 is 24.3 Å². The summed E-state index contributed by atoms with van der Waals surface area (Å²) in [7, 11) is 0. The lowest BCUT2D eigenvalue weighted by Gasteiger charge is -2.31. The molecule has 0 unspecified atom stereocenters. The number of hydrogen-bond donors (Lipinski definition) is 6. The first-order valence-corrected chi connectivity index (χ1v) is 15.1. The highest BCUT2D eigenvalue weighted by molar-refractivity contribution is 5.96. The second-order valence-electron chi connectivity index (χ2n) is 12.0. The molecule has 2 aromatic heterocycles. The maximum atomic E-state index is 13.8. The molecular weight excluding hydrogens is 560 g/mol. The third-order valence-corrected chi connectivity index (χ3v) is 8.31.